The topological polar surface area (TPSA) is 47.6 Å². The van der Waals surface area contributed by atoms with Crippen LogP contribution in [-0.4, -0.2) is 32.8 Å². The molecule has 0 aliphatic rings. The van der Waals surface area contributed by atoms with Gasteiger partial charge in [-0.25, -0.2) is 4.79 Å². The summed E-state index contributed by atoms with van der Waals surface area (Å²) in [4.78, 5) is 12.5. The lowest BCUT2D eigenvalue weighted by atomic mass is 9.87. The molecule has 0 bridgehead atoms. The van der Waals surface area contributed by atoms with E-state index in [1.165, 1.54) is 0 Å². The summed E-state index contributed by atoms with van der Waals surface area (Å²) in [6.45, 7) is 5.57. The lowest BCUT2D eigenvalue weighted by molar-refractivity contribution is -0.152. The number of rotatable bonds is 10. The van der Waals surface area contributed by atoms with Crippen LogP contribution in [0.2, 0.25) is 0 Å². The number of benzene rings is 1. The Hall–Kier alpha value is -1.39. The predicted octanol–water partition coefficient (Wildman–Crippen LogP) is 2.87. The molecular weight excluding hydrogens is 266 g/mol. The van der Waals surface area contributed by atoms with E-state index in [0.717, 1.165) is 25.0 Å². The summed E-state index contributed by atoms with van der Waals surface area (Å²) in [5, 5.41) is 3.15. The lowest BCUT2D eigenvalue weighted by Gasteiger charge is -2.31. The van der Waals surface area contributed by atoms with Crippen LogP contribution in [0.15, 0.2) is 30.3 Å². The van der Waals surface area contributed by atoms with E-state index in [1.54, 1.807) is 7.05 Å². The maximum absolute atomic E-state index is 12.5. The second-order valence-electron chi connectivity index (χ2n) is 4.96. The van der Waals surface area contributed by atoms with Crippen LogP contribution in [0, 0.1) is 0 Å². The summed E-state index contributed by atoms with van der Waals surface area (Å²) < 4.78 is 10.9. The molecule has 118 valence electrons. The molecule has 1 aromatic carbocycles. The molecule has 21 heavy (non-hydrogen) atoms. The van der Waals surface area contributed by atoms with Crippen molar-refractivity contribution in [3.8, 4) is 0 Å². The van der Waals surface area contributed by atoms with Gasteiger partial charge in [-0.2, -0.15) is 0 Å². The van der Waals surface area contributed by atoms with Gasteiger partial charge in [0.25, 0.3) is 0 Å². The van der Waals surface area contributed by atoms with Crippen molar-refractivity contribution in [3.05, 3.63) is 35.9 Å². The van der Waals surface area contributed by atoms with Gasteiger partial charge in [-0.05, 0) is 26.0 Å². The number of esters is 1. The Morgan fingerprint density at radius 2 is 1.90 bits per heavy atom. The molecular formula is C17H27NO3. The number of ether oxygens (including phenoxy) is 2. The van der Waals surface area contributed by atoms with Crippen molar-refractivity contribution in [1.82, 2.24) is 5.32 Å². The average Bonchev–Trinajstić information content (AvgIpc) is 2.52. The van der Waals surface area contributed by atoms with Gasteiger partial charge in [0.05, 0.1) is 6.61 Å². The molecule has 1 rings (SSSR count). The summed E-state index contributed by atoms with van der Waals surface area (Å²) in [6.07, 6.45) is 2.70. The summed E-state index contributed by atoms with van der Waals surface area (Å²) in [5.41, 5.74) is 0.0637. The first-order valence-electron chi connectivity index (χ1n) is 7.70. The van der Waals surface area contributed by atoms with Crippen LogP contribution < -0.4 is 5.32 Å². The fraction of sp³-hybridized carbons (Fsp3) is 0.588. The van der Waals surface area contributed by atoms with Gasteiger partial charge in [0, 0.05) is 19.6 Å². The molecule has 0 spiro atoms. The zero-order valence-electron chi connectivity index (χ0n) is 13.4. The van der Waals surface area contributed by atoms with Crippen LogP contribution >= 0.6 is 0 Å². The van der Waals surface area contributed by atoms with Crippen LogP contribution in [0.3, 0.4) is 0 Å². The van der Waals surface area contributed by atoms with E-state index in [2.05, 4.69) is 12.2 Å². The maximum Gasteiger partial charge on any atom is 0.331 e. The third-order valence-corrected chi connectivity index (χ3v) is 3.58. The smallest absolute Gasteiger partial charge is 0.331 e. The predicted molar refractivity (Wildman–Crippen MR) is 84.2 cm³/mol. The van der Waals surface area contributed by atoms with Gasteiger partial charge in [0.1, 0.15) is 5.54 Å². The molecule has 1 aromatic rings. The molecule has 4 heteroatoms. The highest BCUT2D eigenvalue weighted by molar-refractivity contribution is 5.82. The van der Waals surface area contributed by atoms with Crippen LogP contribution in [0.1, 0.15) is 38.7 Å². The molecule has 0 aromatic heterocycles. The number of unbranched alkanes of at least 4 members (excludes halogenated alkanes) is 1. The van der Waals surface area contributed by atoms with Gasteiger partial charge >= 0.3 is 5.97 Å². The number of likely N-dealkylation sites (N-methyl/N-ethyl adjacent to an activating group) is 1. The monoisotopic (exact) mass is 293 g/mol. The molecule has 0 radical (unpaired) electrons. The average molecular weight is 293 g/mol. The van der Waals surface area contributed by atoms with Gasteiger partial charge < -0.3 is 14.8 Å². The summed E-state index contributed by atoms with van der Waals surface area (Å²) in [7, 11) is 1.79. The molecule has 4 nitrogen and oxygen atoms in total. The van der Waals surface area contributed by atoms with Gasteiger partial charge in [-0.15, -0.1) is 0 Å². The van der Waals surface area contributed by atoms with Crippen molar-refractivity contribution >= 4 is 5.97 Å². The van der Waals surface area contributed by atoms with Crippen molar-refractivity contribution in [2.45, 2.75) is 38.6 Å². The first-order chi connectivity index (χ1) is 10.2. The third kappa shape index (κ3) is 4.83. The Labute approximate surface area is 127 Å². The van der Waals surface area contributed by atoms with E-state index in [-0.39, 0.29) is 5.97 Å². The zero-order chi connectivity index (χ0) is 15.6. The molecule has 0 aliphatic heterocycles. The normalized spacial score (nSPS) is 13.7. The van der Waals surface area contributed by atoms with E-state index >= 15 is 0 Å². The van der Waals surface area contributed by atoms with Gasteiger partial charge in [-0.1, -0.05) is 43.7 Å². The SMILES string of the molecule is CCCCOCCC(NC)(C(=O)OCC)c1ccccc1. The van der Waals surface area contributed by atoms with Gasteiger partial charge in [-0.3, -0.25) is 0 Å². The fourth-order valence-electron chi connectivity index (χ4n) is 2.29. The van der Waals surface area contributed by atoms with Crippen LogP contribution in [0.4, 0.5) is 0 Å². The molecule has 0 saturated carbocycles. The van der Waals surface area contributed by atoms with Gasteiger partial charge in [0.15, 0.2) is 0 Å². The fourth-order valence-corrected chi connectivity index (χ4v) is 2.29. The minimum absolute atomic E-state index is 0.252. The Kier molecular flexibility index (Phi) is 8.01. The standard InChI is InChI=1S/C17H27NO3/c1-4-6-13-20-14-12-17(18-3,16(19)21-5-2)15-10-8-7-9-11-15/h7-11,18H,4-6,12-14H2,1-3H3. The number of carbonyl (C=O) groups excluding carboxylic acids is 1. The highest BCUT2D eigenvalue weighted by atomic mass is 16.5. The Morgan fingerprint density at radius 1 is 1.19 bits per heavy atom. The van der Waals surface area contributed by atoms with E-state index in [1.807, 2.05) is 37.3 Å². The van der Waals surface area contributed by atoms with Crippen LogP contribution in [0.5, 0.6) is 0 Å². The minimum atomic E-state index is -0.844. The molecule has 0 fully saturated rings. The first kappa shape index (κ1) is 17.7. The quantitative estimate of drug-likeness (QED) is 0.532. The molecule has 1 atom stereocenters. The van der Waals surface area contributed by atoms with Crippen molar-refractivity contribution in [2.75, 3.05) is 26.9 Å². The first-order valence-corrected chi connectivity index (χ1v) is 7.70. The van der Waals surface area contributed by atoms with Crippen molar-refractivity contribution in [3.63, 3.8) is 0 Å². The van der Waals surface area contributed by atoms with E-state index in [0.29, 0.717) is 19.6 Å². The molecule has 1 N–H and O–H groups in total. The number of carbonyl (C=O) groups is 1. The summed E-state index contributed by atoms with van der Waals surface area (Å²) in [5.74, 6) is -0.252. The Bertz CT molecular complexity index is 408. The van der Waals surface area contributed by atoms with Crippen LogP contribution in [0.25, 0.3) is 0 Å². The number of nitrogens with one attached hydrogen (secondary N) is 1. The molecule has 1 unspecified atom stereocenters. The zero-order valence-corrected chi connectivity index (χ0v) is 13.4. The highest BCUT2D eigenvalue weighted by Crippen LogP contribution is 2.26. The number of hydrogen-bond donors (Lipinski definition) is 1. The molecule has 0 amide bonds. The Balaban J connectivity index is 2.85. The highest BCUT2D eigenvalue weighted by Gasteiger charge is 2.39. The molecule has 0 heterocycles. The lowest BCUT2D eigenvalue weighted by Crippen LogP contribution is -2.49. The summed E-state index contributed by atoms with van der Waals surface area (Å²) in [6, 6.07) is 9.68. The molecule has 0 saturated heterocycles. The second-order valence-corrected chi connectivity index (χ2v) is 4.96. The van der Waals surface area contributed by atoms with E-state index in [9.17, 15) is 4.79 Å². The van der Waals surface area contributed by atoms with E-state index in [4.69, 9.17) is 9.47 Å². The maximum atomic E-state index is 12.5. The molecule has 0 aliphatic carbocycles. The van der Waals surface area contributed by atoms with Gasteiger partial charge in [0.2, 0.25) is 0 Å². The van der Waals surface area contributed by atoms with Crippen molar-refractivity contribution in [2.24, 2.45) is 0 Å². The largest absolute Gasteiger partial charge is 0.464 e. The van der Waals surface area contributed by atoms with Crippen molar-refractivity contribution < 1.29 is 14.3 Å². The van der Waals surface area contributed by atoms with Crippen molar-refractivity contribution in [1.29, 1.82) is 0 Å². The van der Waals surface area contributed by atoms with Crippen LogP contribution in [-0.2, 0) is 19.8 Å². The third-order valence-electron chi connectivity index (χ3n) is 3.58. The Morgan fingerprint density at radius 3 is 2.48 bits per heavy atom. The number of hydrogen-bond acceptors (Lipinski definition) is 4. The van der Waals surface area contributed by atoms with E-state index < -0.39 is 5.54 Å². The summed E-state index contributed by atoms with van der Waals surface area (Å²) >= 11 is 0. The second kappa shape index (κ2) is 9.53. The minimum Gasteiger partial charge on any atom is -0.464 e.